The standard InChI is InChI=1S/C10H8Cl2N2O/c11-8-2-1-7(6-15)10(3-8)14-5-9(12)4-13-14/h1-5,15H,6H2. The first kappa shape index (κ1) is 10.5. The monoisotopic (exact) mass is 242 g/mol. The van der Waals surface area contributed by atoms with Crippen LogP contribution in [0.25, 0.3) is 5.69 Å². The van der Waals surface area contributed by atoms with Gasteiger partial charge in [0.15, 0.2) is 0 Å². The highest BCUT2D eigenvalue weighted by atomic mass is 35.5. The largest absolute Gasteiger partial charge is 0.392 e. The van der Waals surface area contributed by atoms with Crippen LogP contribution in [0.4, 0.5) is 0 Å². The Labute approximate surface area is 96.9 Å². The Hall–Kier alpha value is -1.03. The number of aliphatic hydroxyl groups is 1. The Morgan fingerprint density at radius 3 is 2.67 bits per heavy atom. The van der Waals surface area contributed by atoms with Gasteiger partial charge in [-0.1, -0.05) is 29.3 Å². The maximum atomic E-state index is 9.16. The van der Waals surface area contributed by atoms with Crippen molar-refractivity contribution in [2.75, 3.05) is 0 Å². The molecule has 2 rings (SSSR count). The molecule has 0 saturated heterocycles. The van der Waals surface area contributed by atoms with Crippen molar-refractivity contribution in [1.82, 2.24) is 9.78 Å². The van der Waals surface area contributed by atoms with Gasteiger partial charge in [0.1, 0.15) is 0 Å². The third-order valence-corrected chi connectivity index (χ3v) is 2.45. The molecule has 0 aliphatic carbocycles. The van der Waals surface area contributed by atoms with E-state index in [0.29, 0.717) is 10.0 Å². The van der Waals surface area contributed by atoms with E-state index in [0.717, 1.165) is 11.3 Å². The molecule has 1 aromatic heterocycles. The predicted octanol–water partition coefficient (Wildman–Crippen LogP) is 2.67. The van der Waals surface area contributed by atoms with Crippen molar-refractivity contribution in [1.29, 1.82) is 0 Å². The second kappa shape index (κ2) is 4.23. The Kier molecular flexibility index (Phi) is 2.95. The van der Waals surface area contributed by atoms with E-state index in [9.17, 15) is 0 Å². The fourth-order valence-electron chi connectivity index (χ4n) is 1.32. The van der Waals surface area contributed by atoms with Gasteiger partial charge in [0.05, 0.1) is 23.5 Å². The number of halogens is 2. The fraction of sp³-hybridized carbons (Fsp3) is 0.100. The van der Waals surface area contributed by atoms with E-state index < -0.39 is 0 Å². The highest BCUT2D eigenvalue weighted by molar-refractivity contribution is 6.31. The summed E-state index contributed by atoms with van der Waals surface area (Å²) < 4.78 is 1.58. The van der Waals surface area contributed by atoms with Gasteiger partial charge in [0.25, 0.3) is 0 Å². The molecule has 0 spiro atoms. The molecule has 0 aliphatic rings. The summed E-state index contributed by atoms with van der Waals surface area (Å²) in [6.07, 6.45) is 3.19. The molecule has 0 unspecified atom stereocenters. The Bertz CT molecular complexity index is 482. The van der Waals surface area contributed by atoms with Crippen molar-refractivity contribution in [3.05, 3.63) is 46.2 Å². The van der Waals surface area contributed by atoms with Crippen molar-refractivity contribution in [2.45, 2.75) is 6.61 Å². The second-order valence-corrected chi connectivity index (χ2v) is 3.91. The quantitative estimate of drug-likeness (QED) is 0.880. The lowest BCUT2D eigenvalue weighted by Crippen LogP contribution is -1.99. The van der Waals surface area contributed by atoms with Crippen LogP contribution in [-0.2, 0) is 6.61 Å². The SMILES string of the molecule is OCc1ccc(Cl)cc1-n1cc(Cl)cn1. The molecule has 5 heteroatoms. The van der Waals surface area contributed by atoms with Gasteiger partial charge in [0.2, 0.25) is 0 Å². The van der Waals surface area contributed by atoms with Crippen LogP contribution in [0.3, 0.4) is 0 Å². The highest BCUT2D eigenvalue weighted by Crippen LogP contribution is 2.20. The van der Waals surface area contributed by atoms with Crippen molar-refractivity contribution in [3.63, 3.8) is 0 Å². The summed E-state index contributed by atoms with van der Waals surface area (Å²) in [6, 6.07) is 5.21. The first-order valence-electron chi connectivity index (χ1n) is 4.30. The van der Waals surface area contributed by atoms with Crippen molar-refractivity contribution in [2.24, 2.45) is 0 Å². The van der Waals surface area contributed by atoms with Gasteiger partial charge in [-0.2, -0.15) is 5.10 Å². The molecular formula is C10H8Cl2N2O. The summed E-state index contributed by atoms with van der Waals surface area (Å²) in [5, 5.41) is 14.3. The summed E-state index contributed by atoms with van der Waals surface area (Å²) >= 11 is 11.6. The lowest BCUT2D eigenvalue weighted by atomic mass is 10.2. The molecule has 3 nitrogen and oxygen atoms in total. The lowest BCUT2D eigenvalue weighted by Gasteiger charge is -2.07. The summed E-state index contributed by atoms with van der Waals surface area (Å²) in [5.74, 6) is 0. The molecule has 0 fully saturated rings. The van der Waals surface area contributed by atoms with Crippen LogP contribution in [0.15, 0.2) is 30.6 Å². The molecule has 2 aromatic rings. The molecule has 0 radical (unpaired) electrons. The predicted molar refractivity (Wildman–Crippen MR) is 59.5 cm³/mol. The molecule has 0 atom stereocenters. The average molecular weight is 243 g/mol. The topological polar surface area (TPSA) is 38.0 Å². The normalized spacial score (nSPS) is 10.6. The number of aromatic nitrogens is 2. The minimum atomic E-state index is -0.0655. The number of nitrogens with zero attached hydrogens (tertiary/aromatic N) is 2. The third kappa shape index (κ3) is 2.15. The minimum absolute atomic E-state index is 0.0655. The van der Waals surface area contributed by atoms with Gasteiger partial charge in [-0.25, -0.2) is 4.68 Å². The molecular weight excluding hydrogens is 235 g/mol. The molecule has 0 saturated carbocycles. The van der Waals surface area contributed by atoms with E-state index in [1.165, 1.54) is 6.20 Å². The lowest BCUT2D eigenvalue weighted by molar-refractivity contribution is 0.281. The molecule has 0 bridgehead atoms. The highest BCUT2D eigenvalue weighted by Gasteiger charge is 2.06. The number of aliphatic hydroxyl groups excluding tert-OH is 1. The second-order valence-electron chi connectivity index (χ2n) is 3.03. The Morgan fingerprint density at radius 2 is 2.07 bits per heavy atom. The molecule has 1 heterocycles. The summed E-state index contributed by atoms with van der Waals surface area (Å²) in [5.41, 5.74) is 1.48. The number of benzene rings is 1. The fourth-order valence-corrected chi connectivity index (χ4v) is 1.62. The van der Waals surface area contributed by atoms with Gasteiger partial charge < -0.3 is 5.11 Å². The van der Waals surface area contributed by atoms with E-state index >= 15 is 0 Å². The van der Waals surface area contributed by atoms with E-state index in [2.05, 4.69) is 5.10 Å². The van der Waals surface area contributed by atoms with E-state index in [-0.39, 0.29) is 6.61 Å². The van der Waals surface area contributed by atoms with Crippen molar-refractivity contribution in [3.8, 4) is 5.69 Å². The molecule has 15 heavy (non-hydrogen) atoms. The molecule has 1 aromatic carbocycles. The smallest absolute Gasteiger partial charge is 0.0790 e. The van der Waals surface area contributed by atoms with Crippen LogP contribution in [0, 0.1) is 0 Å². The van der Waals surface area contributed by atoms with Gasteiger partial charge in [0, 0.05) is 16.8 Å². The van der Waals surface area contributed by atoms with Crippen LogP contribution in [0.1, 0.15) is 5.56 Å². The van der Waals surface area contributed by atoms with Gasteiger partial charge in [-0.15, -0.1) is 0 Å². The van der Waals surface area contributed by atoms with E-state index in [4.69, 9.17) is 28.3 Å². The average Bonchev–Trinajstić information content (AvgIpc) is 2.65. The number of hydrogen-bond acceptors (Lipinski definition) is 2. The van der Waals surface area contributed by atoms with Crippen LogP contribution in [0.5, 0.6) is 0 Å². The minimum Gasteiger partial charge on any atom is -0.392 e. The van der Waals surface area contributed by atoms with E-state index in [1.54, 1.807) is 29.1 Å². The summed E-state index contributed by atoms with van der Waals surface area (Å²) in [7, 11) is 0. The Morgan fingerprint density at radius 1 is 1.27 bits per heavy atom. The van der Waals surface area contributed by atoms with Gasteiger partial charge in [-0.05, 0) is 12.1 Å². The first-order valence-corrected chi connectivity index (χ1v) is 5.06. The van der Waals surface area contributed by atoms with Crippen molar-refractivity contribution >= 4 is 23.2 Å². The van der Waals surface area contributed by atoms with Crippen molar-refractivity contribution < 1.29 is 5.11 Å². The molecule has 0 aliphatic heterocycles. The maximum Gasteiger partial charge on any atom is 0.0790 e. The molecule has 0 amide bonds. The van der Waals surface area contributed by atoms with Crippen LogP contribution >= 0.6 is 23.2 Å². The first-order chi connectivity index (χ1) is 7.20. The van der Waals surface area contributed by atoms with Gasteiger partial charge >= 0.3 is 0 Å². The zero-order valence-corrected chi connectivity index (χ0v) is 9.20. The third-order valence-electron chi connectivity index (χ3n) is 2.02. The maximum absolute atomic E-state index is 9.16. The number of hydrogen-bond donors (Lipinski definition) is 1. The number of rotatable bonds is 2. The van der Waals surface area contributed by atoms with Crippen LogP contribution in [0.2, 0.25) is 10.0 Å². The summed E-state index contributed by atoms with van der Waals surface area (Å²) in [4.78, 5) is 0. The molecule has 1 N–H and O–H groups in total. The van der Waals surface area contributed by atoms with Gasteiger partial charge in [-0.3, -0.25) is 0 Å². The van der Waals surface area contributed by atoms with Crippen LogP contribution < -0.4 is 0 Å². The van der Waals surface area contributed by atoms with Crippen LogP contribution in [-0.4, -0.2) is 14.9 Å². The molecule has 78 valence electrons. The zero-order valence-electron chi connectivity index (χ0n) is 7.69. The van der Waals surface area contributed by atoms with E-state index in [1.807, 2.05) is 0 Å². The zero-order chi connectivity index (χ0) is 10.8. The summed E-state index contributed by atoms with van der Waals surface area (Å²) in [6.45, 7) is -0.0655. The Balaban J connectivity index is 2.55.